The minimum atomic E-state index is -0.154. The number of rotatable bonds is 3. The Morgan fingerprint density at radius 1 is 1.12 bits per heavy atom. The fourth-order valence-electron chi connectivity index (χ4n) is 1.38. The topological polar surface area (TPSA) is 51.2 Å². The third-order valence-electron chi connectivity index (χ3n) is 2.29. The minimum Gasteiger partial charge on any atom is -0.497 e. The molecule has 1 aromatic carbocycles. The maximum absolute atomic E-state index is 11.8. The van der Waals surface area contributed by atoms with Crippen LogP contribution in [-0.4, -0.2) is 18.0 Å². The fourth-order valence-corrected chi connectivity index (χ4v) is 1.38. The van der Waals surface area contributed by atoms with Gasteiger partial charge in [-0.2, -0.15) is 0 Å². The van der Waals surface area contributed by atoms with E-state index < -0.39 is 0 Å². The third kappa shape index (κ3) is 2.81. The summed E-state index contributed by atoms with van der Waals surface area (Å²) in [5.74, 6) is 0.573. The Kier molecular flexibility index (Phi) is 3.35. The fraction of sp³-hybridized carbons (Fsp3) is 0.0769. The molecule has 0 bridgehead atoms. The molecule has 4 heteroatoms. The van der Waals surface area contributed by atoms with E-state index in [1.54, 1.807) is 55.9 Å². The number of aromatic nitrogens is 1. The second kappa shape index (κ2) is 5.12. The van der Waals surface area contributed by atoms with Crippen LogP contribution in [0, 0.1) is 0 Å². The molecule has 17 heavy (non-hydrogen) atoms. The lowest BCUT2D eigenvalue weighted by atomic mass is 10.2. The molecule has 0 aliphatic rings. The van der Waals surface area contributed by atoms with Gasteiger partial charge in [-0.25, -0.2) is 0 Å². The van der Waals surface area contributed by atoms with Crippen LogP contribution in [0.4, 0.5) is 5.69 Å². The van der Waals surface area contributed by atoms with Crippen LogP contribution < -0.4 is 10.1 Å². The number of anilines is 1. The van der Waals surface area contributed by atoms with Gasteiger partial charge < -0.3 is 10.1 Å². The van der Waals surface area contributed by atoms with Crippen LogP contribution in [0.25, 0.3) is 0 Å². The first-order chi connectivity index (χ1) is 8.29. The van der Waals surface area contributed by atoms with Crippen LogP contribution in [0.2, 0.25) is 0 Å². The highest BCUT2D eigenvalue weighted by Crippen LogP contribution is 2.13. The summed E-state index contributed by atoms with van der Waals surface area (Å²) in [6.45, 7) is 0. The summed E-state index contributed by atoms with van der Waals surface area (Å²) in [4.78, 5) is 15.7. The maximum Gasteiger partial charge on any atom is 0.255 e. The molecule has 86 valence electrons. The van der Waals surface area contributed by atoms with E-state index in [4.69, 9.17) is 4.74 Å². The van der Waals surface area contributed by atoms with Crippen molar-refractivity contribution in [2.24, 2.45) is 0 Å². The number of carbonyl (C=O) groups excluding carboxylic acids is 1. The Morgan fingerprint density at radius 2 is 1.76 bits per heavy atom. The quantitative estimate of drug-likeness (QED) is 0.877. The molecule has 0 radical (unpaired) electrons. The first-order valence-electron chi connectivity index (χ1n) is 5.15. The van der Waals surface area contributed by atoms with E-state index >= 15 is 0 Å². The molecule has 0 spiro atoms. The highest BCUT2D eigenvalue weighted by molar-refractivity contribution is 6.04. The van der Waals surface area contributed by atoms with Gasteiger partial charge in [-0.3, -0.25) is 9.78 Å². The van der Waals surface area contributed by atoms with E-state index in [2.05, 4.69) is 10.3 Å². The van der Waals surface area contributed by atoms with Gasteiger partial charge in [0.2, 0.25) is 0 Å². The number of amides is 1. The Hall–Kier alpha value is -2.36. The Balaban J connectivity index is 2.09. The molecule has 0 aliphatic carbocycles. The highest BCUT2D eigenvalue weighted by Gasteiger charge is 2.05. The molecule has 4 nitrogen and oxygen atoms in total. The normalized spacial score (nSPS) is 9.71. The maximum atomic E-state index is 11.8. The summed E-state index contributed by atoms with van der Waals surface area (Å²) in [5, 5.41) is 2.78. The number of nitrogens with zero attached hydrogens (tertiary/aromatic N) is 1. The lowest BCUT2D eigenvalue weighted by Gasteiger charge is -2.05. The summed E-state index contributed by atoms with van der Waals surface area (Å²) in [6, 6.07) is 10.4. The second-order valence-corrected chi connectivity index (χ2v) is 3.42. The van der Waals surface area contributed by atoms with Crippen LogP contribution in [0.15, 0.2) is 48.8 Å². The minimum absolute atomic E-state index is 0.154. The average Bonchev–Trinajstić information content (AvgIpc) is 2.40. The number of pyridine rings is 1. The van der Waals surface area contributed by atoms with Crippen molar-refractivity contribution in [2.75, 3.05) is 12.4 Å². The van der Waals surface area contributed by atoms with Crippen molar-refractivity contribution in [3.63, 3.8) is 0 Å². The number of ether oxygens (including phenoxy) is 1. The molecular weight excluding hydrogens is 216 g/mol. The molecule has 0 fully saturated rings. The van der Waals surface area contributed by atoms with Crippen LogP contribution in [0.5, 0.6) is 5.75 Å². The molecule has 0 atom stereocenters. The number of nitrogens with one attached hydrogen (secondary N) is 1. The SMILES string of the molecule is COc1ccc(C(=O)Nc2ccncc2)cc1. The predicted molar refractivity (Wildman–Crippen MR) is 65.2 cm³/mol. The van der Waals surface area contributed by atoms with Gasteiger partial charge in [-0.15, -0.1) is 0 Å². The van der Waals surface area contributed by atoms with Gasteiger partial charge >= 0.3 is 0 Å². The highest BCUT2D eigenvalue weighted by atomic mass is 16.5. The van der Waals surface area contributed by atoms with Crippen LogP contribution in [-0.2, 0) is 0 Å². The molecule has 0 saturated heterocycles. The number of benzene rings is 1. The Labute approximate surface area is 99.3 Å². The molecule has 1 aromatic heterocycles. The average molecular weight is 228 g/mol. The van der Waals surface area contributed by atoms with E-state index in [1.165, 1.54) is 0 Å². The van der Waals surface area contributed by atoms with Gasteiger partial charge in [0, 0.05) is 23.6 Å². The van der Waals surface area contributed by atoms with E-state index in [0.717, 1.165) is 11.4 Å². The number of carbonyl (C=O) groups is 1. The number of hydrogen-bond donors (Lipinski definition) is 1. The monoisotopic (exact) mass is 228 g/mol. The van der Waals surface area contributed by atoms with Crippen molar-refractivity contribution in [2.45, 2.75) is 0 Å². The predicted octanol–water partition coefficient (Wildman–Crippen LogP) is 2.34. The van der Waals surface area contributed by atoms with E-state index in [0.29, 0.717) is 5.56 Å². The molecule has 1 N–H and O–H groups in total. The van der Waals surface area contributed by atoms with Crippen molar-refractivity contribution in [3.8, 4) is 5.75 Å². The first-order valence-corrected chi connectivity index (χ1v) is 5.15. The Bertz CT molecular complexity index is 495. The summed E-state index contributed by atoms with van der Waals surface area (Å²) < 4.78 is 5.03. The molecule has 2 rings (SSSR count). The van der Waals surface area contributed by atoms with Crippen molar-refractivity contribution < 1.29 is 9.53 Å². The van der Waals surface area contributed by atoms with Gasteiger partial charge in [0.25, 0.3) is 5.91 Å². The molecular formula is C13H12N2O2. The first kappa shape index (κ1) is 11.1. The van der Waals surface area contributed by atoms with Crippen molar-refractivity contribution in [3.05, 3.63) is 54.4 Å². The van der Waals surface area contributed by atoms with Crippen LogP contribution in [0.3, 0.4) is 0 Å². The van der Waals surface area contributed by atoms with Gasteiger partial charge in [-0.1, -0.05) is 0 Å². The molecule has 1 heterocycles. The summed E-state index contributed by atoms with van der Waals surface area (Å²) in [6.07, 6.45) is 3.26. The van der Waals surface area contributed by atoms with E-state index in [9.17, 15) is 4.79 Å². The molecule has 0 aliphatic heterocycles. The number of methoxy groups -OCH3 is 1. The lowest BCUT2D eigenvalue weighted by molar-refractivity contribution is 0.102. The molecule has 0 saturated carbocycles. The zero-order valence-corrected chi connectivity index (χ0v) is 9.38. The van der Waals surface area contributed by atoms with Crippen LogP contribution in [0.1, 0.15) is 10.4 Å². The van der Waals surface area contributed by atoms with Crippen molar-refractivity contribution in [1.29, 1.82) is 0 Å². The van der Waals surface area contributed by atoms with Gasteiger partial charge in [-0.05, 0) is 36.4 Å². The molecule has 2 aromatic rings. The van der Waals surface area contributed by atoms with E-state index in [1.807, 2.05) is 0 Å². The second-order valence-electron chi connectivity index (χ2n) is 3.42. The summed E-state index contributed by atoms with van der Waals surface area (Å²) >= 11 is 0. The zero-order chi connectivity index (χ0) is 12.1. The van der Waals surface area contributed by atoms with Gasteiger partial charge in [0.05, 0.1) is 7.11 Å². The zero-order valence-electron chi connectivity index (χ0n) is 9.38. The molecule has 0 unspecified atom stereocenters. The largest absolute Gasteiger partial charge is 0.497 e. The summed E-state index contributed by atoms with van der Waals surface area (Å²) in [5.41, 5.74) is 1.31. The lowest BCUT2D eigenvalue weighted by Crippen LogP contribution is -2.11. The van der Waals surface area contributed by atoms with E-state index in [-0.39, 0.29) is 5.91 Å². The van der Waals surface area contributed by atoms with Crippen molar-refractivity contribution in [1.82, 2.24) is 4.98 Å². The van der Waals surface area contributed by atoms with Gasteiger partial charge in [0.1, 0.15) is 5.75 Å². The van der Waals surface area contributed by atoms with Gasteiger partial charge in [0.15, 0.2) is 0 Å². The summed E-state index contributed by atoms with van der Waals surface area (Å²) in [7, 11) is 1.59. The third-order valence-corrected chi connectivity index (χ3v) is 2.29. The standard InChI is InChI=1S/C13H12N2O2/c1-17-12-4-2-10(3-5-12)13(16)15-11-6-8-14-9-7-11/h2-9H,1H3,(H,14,15,16). The van der Waals surface area contributed by atoms with Crippen LogP contribution >= 0.6 is 0 Å². The Morgan fingerprint density at radius 3 is 2.35 bits per heavy atom. The number of hydrogen-bond acceptors (Lipinski definition) is 3. The van der Waals surface area contributed by atoms with Crippen molar-refractivity contribution >= 4 is 11.6 Å². The smallest absolute Gasteiger partial charge is 0.255 e. The molecule has 1 amide bonds.